The van der Waals surface area contributed by atoms with Gasteiger partial charge < -0.3 is 20.0 Å². The van der Waals surface area contributed by atoms with Gasteiger partial charge in [0.1, 0.15) is 11.4 Å². The summed E-state index contributed by atoms with van der Waals surface area (Å²) in [6.45, 7) is 0. The highest BCUT2D eigenvalue weighted by Gasteiger charge is 2.18. The number of carbonyl (C=O) groups excluding carboxylic acids is 2. The van der Waals surface area contributed by atoms with Crippen LogP contribution in [0.2, 0.25) is 5.02 Å². The maximum absolute atomic E-state index is 12.0. The van der Waals surface area contributed by atoms with Crippen LogP contribution in [-0.4, -0.2) is 37.1 Å². The molecule has 7 nitrogen and oxygen atoms in total. The van der Waals surface area contributed by atoms with Crippen LogP contribution in [0.1, 0.15) is 11.1 Å². The highest BCUT2D eigenvalue weighted by molar-refractivity contribution is 6.31. The Morgan fingerprint density at radius 2 is 1.81 bits per heavy atom. The Kier molecular flexibility index (Phi) is 6.96. The number of nitrogens with zero attached hydrogens (tertiary/aromatic N) is 1. The van der Waals surface area contributed by atoms with E-state index in [1.165, 1.54) is 14.2 Å². The molecule has 0 radical (unpaired) electrons. The van der Waals surface area contributed by atoms with Crippen LogP contribution in [0.5, 0.6) is 0 Å². The van der Waals surface area contributed by atoms with Gasteiger partial charge in [-0.25, -0.2) is 9.59 Å². The minimum atomic E-state index is -0.775. The smallest absolute Gasteiger partial charge is 0.354 e. The van der Waals surface area contributed by atoms with Gasteiger partial charge in [-0.3, -0.25) is 0 Å². The van der Waals surface area contributed by atoms with Gasteiger partial charge in [0.15, 0.2) is 0 Å². The Bertz CT molecular complexity index is 894. The normalized spacial score (nSPS) is 11.7. The quantitative estimate of drug-likeness (QED) is 0.259. The highest BCUT2D eigenvalue weighted by atomic mass is 35.5. The maximum Gasteiger partial charge on any atom is 0.354 e. The molecule has 8 heteroatoms. The molecule has 0 aliphatic carbocycles. The molecule has 0 saturated heterocycles. The van der Waals surface area contributed by atoms with Crippen molar-refractivity contribution in [1.82, 2.24) is 0 Å². The van der Waals surface area contributed by atoms with Gasteiger partial charge >= 0.3 is 11.9 Å². The summed E-state index contributed by atoms with van der Waals surface area (Å²) >= 11 is 6.09. The molecule has 0 atom stereocenters. The van der Waals surface area contributed by atoms with E-state index >= 15 is 0 Å². The number of nitrogens with one attached hydrogen (secondary N) is 1. The number of hydrogen-bond acceptors (Lipinski definition) is 7. The van der Waals surface area contributed by atoms with Crippen LogP contribution < -0.4 is 5.32 Å². The Balaban J connectivity index is 2.53. The summed E-state index contributed by atoms with van der Waals surface area (Å²) in [5.41, 5.74) is 1.48. The van der Waals surface area contributed by atoms with Crippen molar-refractivity contribution in [3.05, 3.63) is 76.5 Å². The van der Waals surface area contributed by atoms with Gasteiger partial charge in [0.2, 0.25) is 0 Å². The molecule has 0 fully saturated rings. The van der Waals surface area contributed by atoms with E-state index in [4.69, 9.17) is 11.6 Å². The molecule has 2 rings (SSSR count). The number of ether oxygens (including phenoxy) is 2. The average Bonchev–Trinajstić information content (AvgIpc) is 2.69. The van der Waals surface area contributed by atoms with Crippen LogP contribution in [0.15, 0.2) is 65.5 Å². The van der Waals surface area contributed by atoms with E-state index in [2.05, 4.69) is 19.9 Å². The van der Waals surface area contributed by atoms with Crippen LogP contribution in [0.4, 0.5) is 5.69 Å². The molecule has 0 amide bonds. The van der Waals surface area contributed by atoms with Crippen molar-refractivity contribution in [2.75, 3.05) is 19.5 Å². The summed E-state index contributed by atoms with van der Waals surface area (Å²) in [6.07, 6.45) is 0.961. The Morgan fingerprint density at radius 3 is 2.41 bits per heavy atom. The number of rotatable bonds is 6. The second-order valence-corrected chi connectivity index (χ2v) is 5.64. The van der Waals surface area contributed by atoms with Gasteiger partial charge in [0.05, 0.1) is 20.3 Å². The van der Waals surface area contributed by atoms with E-state index in [0.717, 1.165) is 6.08 Å². The van der Waals surface area contributed by atoms with Crippen LogP contribution in [-0.2, 0) is 19.1 Å². The third-order valence-corrected chi connectivity index (χ3v) is 3.76. The van der Waals surface area contributed by atoms with Crippen molar-refractivity contribution in [2.45, 2.75) is 0 Å². The van der Waals surface area contributed by atoms with Crippen LogP contribution in [0, 0.1) is 0 Å². The fraction of sp³-hybridized carbons (Fsp3) is 0.105. The molecule has 0 heterocycles. The fourth-order valence-electron chi connectivity index (χ4n) is 2.26. The minimum Gasteiger partial charge on any atom is -0.466 e. The highest BCUT2D eigenvalue weighted by Crippen LogP contribution is 2.25. The Labute approximate surface area is 160 Å². The van der Waals surface area contributed by atoms with Crippen LogP contribution >= 0.6 is 11.6 Å². The molecule has 0 spiro atoms. The van der Waals surface area contributed by atoms with E-state index in [1.54, 1.807) is 42.5 Å². The SMILES string of the molecule is COC(=O)/C=C(\Nc1ccc(Cl)cc1/C(=N/O)c1ccccc1)C(=O)OC. The molecule has 2 N–H and O–H groups in total. The Morgan fingerprint density at radius 1 is 1.11 bits per heavy atom. The third kappa shape index (κ3) is 5.08. The van der Waals surface area contributed by atoms with Gasteiger partial charge in [-0.2, -0.15) is 0 Å². The summed E-state index contributed by atoms with van der Waals surface area (Å²) in [6, 6.07) is 13.6. The van der Waals surface area contributed by atoms with E-state index in [1.807, 2.05) is 6.07 Å². The third-order valence-electron chi connectivity index (χ3n) is 3.52. The molecule has 0 bridgehead atoms. The zero-order valence-corrected chi connectivity index (χ0v) is 15.4. The number of carbonyl (C=O) groups is 2. The minimum absolute atomic E-state index is 0.154. The largest absolute Gasteiger partial charge is 0.466 e. The second-order valence-electron chi connectivity index (χ2n) is 5.20. The molecule has 0 aliphatic heterocycles. The molecule has 140 valence electrons. The lowest BCUT2D eigenvalue weighted by Gasteiger charge is -2.15. The molecule has 0 saturated carbocycles. The molecule has 2 aromatic carbocycles. The molecule has 0 aliphatic rings. The predicted molar refractivity (Wildman–Crippen MR) is 101 cm³/mol. The number of halogens is 1. The molecule has 27 heavy (non-hydrogen) atoms. The number of anilines is 1. The first-order chi connectivity index (χ1) is 13.0. The zero-order valence-electron chi connectivity index (χ0n) is 14.6. The standard InChI is InChI=1S/C19H17ClN2O5/c1-26-17(23)11-16(19(24)27-2)21-15-9-8-13(20)10-14(15)18(22-25)12-6-4-3-5-7-12/h3-11,21,25H,1-2H3/b16-11-,22-18+. The van der Waals surface area contributed by atoms with E-state index < -0.39 is 11.9 Å². The van der Waals surface area contributed by atoms with Crippen molar-refractivity contribution < 1.29 is 24.3 Å². The van der Waals surface area contributed by atoms with Gasteiger partial charge in [-0.05, 0) is 18.2 Å². The number of oxime groups is 1. The number of methoxy groups -OCH3 is 2. The van der Waals surface area contributed by atoms with Crippen molar-refractivity contribution in [2.24, 2.45) is 5.16 Å². The van der Waals surface area contributed by atoms with Crippen molar-refractivity contribution in [3.63, 3.8) is 0 Å². The first kappa shape index (κ1) is 20.0. The predicted octanol–water partition coefficient (Wildman–Crippen LogP) is 3.21. The van der Waals surface area contributed by atoms with E-state index in [-0.39, 0.29) is 11.4 Å². The maximum atomic E-state index is 12.0. The lowest BCUT2D eigenvalue weighted by molar-refractivity contribution is -0.138. The molecule has 2 aromatic rings. The average molecular weight is 389 g/mol. The summed E-state index contributed by atoms with van der Waals surface area (Å²) < 4.78 is 9.23. The number of esters is 2. The summed E-state index contributed by atoms with van der Waals surface area (Å²) in [5.74, 6) is -1.51. The first-order valence-corrected chi connectivity index (χ1v) is 8.10. The molecular weight excluding hydrogens is 372 g/mol. The summed E-state index contributed by atoms with van der Waals surface area (Å²) in [5, 5.41) is 16.1. The summed E-state index contributed by atoms with van der Waals surface area (Å²) in [7, 11) is 2.37. The fourth-order valence-corrected chi connectivity index (χ4v) is 2.43. The van der Waals surface area contributed by atoms with Gasteiger partial charge in [0, 0.05) is 21.8 Å². The monoisotopic (exact) mass is 388 g/mol. The van der Waals surface area contributed by atoms with E-state index in [0.29, 0.717) is 21.8 Å². The topological polar surface area (TPSA) is 97.2 Å². The zero-order chi connectivity index (χ0) is 19.8. The molecule has 0 unspecified atom stereocenters. The van der Waals surface area contributed by atoms with Gasteiger partial charge in [-0.15, -0.1) is 0 Å². The Hall–Kier alpha value is -3.32. The van der Waals surface area contributed by atoms with Crippen LogP contribution in [0.25, 0.3) is 0 Å². The lowest BCUT2D eigenvalue weighted by Crippen LogP contribution is -2.17. The second kappa shape index (κ2) is 9.40. The van der Waals surface area contributed by atoms with E-state index in [9.17, 15) is 14.8 Å². The number of benzene rings is 2. The van der Waals surface area contributed by atoms with Crippen molar-refractivity contribution in [1.29, 1.82) is 0 Å². The first-order valence-electron chi connectivity index (χ1n) is 7.72. The summed E-state index contributed by atoms with van der Waals surface area (Å²) in [4.78, 5) is 23.5. The van der Waals surface area contributed by atoms with Gasteiger partial charge in [0.25, 0.3) is 0 Å². The van der Waals surface area contributed by atoms with Crippen LogP contribution in [0.3, 0.4) is 0 Å². The van der Waals surface area contributed by atoms with Crippen molar-refractivity contribution in [3.8, 4) is 0 Å². The molecular formula is C19H17ClN2O5. The number of hydrogen-bond donors (Lipinski definition) is 2. The van der Waals surface area contributed by atoms with Gasteiger partial charge in [-0.1, -0.05) is 47.1 Å². The van der Waals surface area contributed by atoms with Crippen molar-refractivity contribution >= 4 is 34.9 Å². The lowest BCUT2D eigenvalue weighted by atomic mass is 10.0. The molecule has 0 aromatic heterocycles.